The van der Waals surface area contributed by atoms with Crippen molar-refractivity contribution in [1.82, 2.24) is 0 Å². The predicted molar refractivity (Wildman–Crippen MR) is 106 cm³/mol. The molecule has 0 radical (unpaired) electrons. The molecule has 9 heteroatoms. The number of esters is 1. The van der Waals surface area contributed by atoms with Crippen molar-refractivity contribution in [2.24, 2.45) is 5.73 Å². The van der Waals surface area contributed by atoms with Crippen molar-refractivity contribution >= 4 is 21.9 Å². The first-order valence-electron chi connectivity index (χ1n) is 8.47. The molecule has 0 spiro atoms. The van der Waals surface area contributed by atoms with Crippen LogP contribution >= 0.6 is 0 Å². The summed E-state index contributed by atoms with van der Waals surface area (Å²) in [6.45, 7) is 5.19. The number of carbonyl (C=O) groups excluding carboxylic acids is 2. The minimum absolute atomic E-state index is 0.285. The van der Waals surface area contributed by atoms with Gasteiger partial charge in [-0.15, -0.1) is 0 Å². The van der Waals surface area contributed by atoms with Gasteiger partial charge in [0.15, 0.2) is 6.10 Å². The van der Waals surface area contributed by atoms with Gasteiger partial charge in [0.05, 0.1) is 12.7 Å². The number of nitrogens with two attached hydrogens (primary N) is 1. The summed E-state index contributed by atoms with van der Waals surface area (Å²) >= 11 is 0. The lowest BCUT2D eigenvalue weighted by molar-refractivity contribution is -0.123. The maximum Gasteiger partial charge on any atom is 0.337 e. The van der Waals surface area contributed by atoms with Crippen molar-refractivity contribution in [2.45, 2.75) is 13.0 Å². The molecule has 1 atom stereocenters. The second kappa shape index (κ2) is 9.24. The highest BCUT2D eigenvalue weighted by molar-refractivity contribution is 7.87. The fourth-order valence-corrected chi connectivity index (χ4v) is 3.62. The Balaban J connectivity index is 2.16. The van der Waals surface area contributed by atoms with Gasteiger partial charge in [-0.1, -0.05) is 43.0 Å². The third-order valence-electron chi connectivity index (χ3n) is 3.94. The Kier molecular flexibility index (Phi) is 7.00. The Labute approximate surface area is 169 Å². The second-order valence-corrected chi connectivity index (χ2v) is 7.48. The minimum atomic E-state index is -4.15. The van der Waals surface area contributed by atoms with Crippen molar-refractivity contribution in [3.8, 4) is 0 Å². The molecule has 0 amide bonds. The molecule has 1 heterocycles. The van der Waals surface area contributed by atoms with E-state index in [-0.39, 0.29) is 5.56 Å². The molecular weight excluding hydrogens is 398 g/mol. The van der Waals surface area contributed by atoms with Crippen LogP contribution in [0, 0.1) is 0 Å². The molecule has 0 bridgehead atoms. The highest BCUT2D eigenvalue weighted by Crippen LogP contribution is 2.32. The highest BCUT2D eigenvalue weighted by Gasteiger charge is 2.39. The fraction of sp³-hybridized carbons (Fsp3) is 0.200. The van der Waals surface area contributed by atoms with Crippen LogP contribution in [0.4, 0.5) is 0 Å². The largest absolute Gasteiger partial charge is 0.465 e. The summed E-state index contributed by atoms with van der Waals surface area (Å²) in [5, 5.41) is 0. The second-order valence-electron chi connectivity index (χ2n) is 5.91. The molecule has 0 saturated carbocycles. The standard InChI is InChI=1S/C20H21NO7S/c1-4-6-7-13(5-2)12-29(24,25)28-18-16(22)17(27-19(18)21)14-8-10-15(11-9-14)20(23)26-3/h4-11,17H,1,12,21H2,2-3H3/b7-6-,13-5+. The van der Waals surface area contributed by atoms with Crippen molar-refractivity contribution in [1.29, 1.82) is 0 Å². The van der Waals surface area contributed by atoms with Crippen molar-refractivity contribution in [2.75, 3.05) is 12.9 Å². The SMILES string of the molecule is C=C/C=C\C(=C/C)CS(=O)(=O)OC1=C(N)OC(c2ccc(C(=O)OC)cc2)C1=O. The number of ether oxygens (including phenoxy) is 2. The van der Waals surface area contributed by atoms with Gasteiger partial charge < -0.3 is 19.4 Å². The molecule has 1 aromatic rings. The van der Waals surface area contributed by atoms with Gasteiger partial charge in [-0.05, 0) is 24.6 Å². The maximum absolute atomic E-state index is 12.6. The van der Waals surface area contributed by atoms with Gasteiger partial charge in [-0.25, -0.2) is 4.79 Å². The lowest BCUT2D eigenvalue weighted by Crippen LogP contribution is -2.17. The lowest BCUT2D eigenvalue weighted by atomic mass is 10.0. The number of carbonyl (C=O) groups is 2. The lowest BCUT2D eigenvalue weighted by Gasteiger charge is -2.10. The zero-order valence-corrected chi connectivity index (χ0v) is 16.8. The van der Waals surface area contributed by atoms with Gasteiger partial charge in [0, 0.05) is 5.56 Å². The number of methoxy groups -OCH3 is 1. The van der Waals surface area contributed by atoms with Gasteiger partial charge in [0.25, 0.3) is 0 Å². The van der Waals surface area contributed by atoms with E-state index in [1.54, 1.807) is 25.2 Å². The van der Waals surface area contributed by atoms with Gasteiger partial charge in [-0.3, -0.25) is 4.79 Å². The molecule has 0 aliphatic carbocycles. The van der Waals surface area contributed by atoms with E-state index in [0.29, 0.717) is 11.1 Å². The van der Waals surface area contributed by atoms with Crippen LogP contribution < -0.4 is 5.73 Å². The molecule has 2 rings (SSSR count). The van der Waals surface area contributed by atoms with E-state index in [9.17, 15) is 18.0 Å². The summed E-state index contributed by atoms with van der Waals surface area (Å²) in [5.74, 6) is -2.73. The molecule has 0 fully saturated rings. The van der Waals surface area contributed by atoms with Gasteiger partial charge in [0.1, 0.15) is 5.75 Å². The van der Waals surface area contributed by atoms with E-state index < -0.39 is 45.4 Å². The monoisotopic (exact) mass is 419 g/mol. The van der Waals surface area contributed by atoms with Gasteiger partial charge in [-0.2, -0.15) is 8.42 Å². The fourth-order valence-electron chi connectivity index (χ4n) is 2.47. The molecular formula is C20H21NO7S. The average molecular weight is 419 g/mol. The number of benzene rings is 1. The highest BCUT2D eigenvalue weighted by atomic mass is 32.2. The average Bonchev–Trinajstić information content (AvgIpc) is 2.98. The summed E-state index contributed by atoms with van der Waals surface area (Å²) in [4.78, 5) is 24.1. The van der Waals surface area contributed by atoms with Gasteiger partial charge >= 0.3 is 16.1 Å². The first kappa shape index (κ1) is 22.0. The molecule has 0 aromatic heterocycles. The summed E-state index contributed by atoms with van der Waals surface area (Å²) in [7, 11) is -2.90. The first-order valence-corrected chi connectivity index (χ1v) is 10.1. The number of Topliss-reactive ketones (excluding diaryl/α,β-unsaturated/α-hetero) is 1. The summed E-state index contributed by atoms with van der Waals surface area (Å²) in [6, 6.07) is 5.87. The Morgan fingerprint density at radius 3 is 2.52 bits per heavy atom. The molecule has 1 unspecified atom stereocenters. The molecule has 0 saturated heterocycles. The number of ketones is 1. The third kappa shape index (κ3) is 5.35. The molecule has 2 N–H and O–H groups in total. The van der Waals surface area contributed by atoms with Crippen LogP contribution in [0.3, 0.4) is 0 Å². The summed E-state index contributed by atoms with van der Waals surface area (Å²) in [5.41, 5.74) is 6.79. The Morgan fingerprint density at radius 2 is 1.97 bits per heavy atom. The van der Waals surface area contributed by atoms with Crippen molar-refractivity contribution in [3.05, 3.63) is 83.5 Å². The smallest absolute Gasteiger partial charge is 0.337 e. The first-order chi connectivity index (χ1) is 13.7. The van der Waals surface area contributed by atoms with Crippen molar-refractivity contribution < 1.29 is 31.7 Å². The van der Waals surface area contributed by atoms with Crippen LogP contribution in [-0.4, -0.2) is 33.0 Å². The Bertz CT molecular complexity index is 1000. The van der Waals surface area contributed by atoms with Crippen LogP contribution in [0.15, 0.2) is 72.4 Å². The van der Waals surface area contributed by atoms with Gasteiger partial charge in [0.2, 0.25) is 17.4 Å². The van der Waals surface area contributed by atoms with E-state index >= 15 is 0 Å². The summed E-state index contributed by atoms with van der Waals surface area (Å²) in [6.07, 6.45) is 5.06. The maximum atomic E-state index is 12.6. The zero-order chi connectivity index (χ0) is 21.6. The predicted octanol–water partition coefficient (Wildman–Crippen LogP) is 2.28. The van der Waals surface area contributed by atoms with E-state index in [1.807, 2.05) is 0 Å². The molecule has 1 aliphatic rings. The van der Waals surface area contributed by atoms with Crippen molar-refractivity contribution in [3.63, 3.8) is 0 Å². The topological polar surface area (TPSA) is 122 Å². The number of hydrogen-bond acceptors (Lipinski definition) is 8. The van der Waals surface area contributed by atoms with E-state index in [4.69, 9.17) is 14.7 Å². The number of allylic oxidation sites excluding steroid dienone is 4. The minimum Gasteiger partial charge on any atom is -0.465 e. The molecule has 8 nitrogen and oxygen atoms in total. The van der Waals surface area contributed by atoms with E-state index in [1.165, 1.54) is 37.5 Å². The molecule has 29 heavy (non-hydrogen) atoms. The van der Waals surface area contributed by atoms with Crippen LogP contribution in [0.5, 0.6) is 0 Å². The normalized spacial score (nSPS) is 17.4. The molecule has 1 aliphatic heterocycles. The van der Waals surface area contributed by atoms with E-state index in [0.717, 1.165) is 0 Å². The van der Waals surface area contributed by atoms with Crippen LogP contribution in [0.1, 0.15) is 28.9 Å². The third-order valence-corrected chi connectivity index (χ3v) is 5.04. The van der Waals surface area contributed by atoms with Crippen LogP contribution in [0.2, 0.25) is 0 Å². The van der Waals surface area contributed by atoms with Crippen LogP contribution in [-0.2, 0) is 28.6 Å². The summed E-state index contributed by atoms with van der Waals surface area (Å²) < 4.78 is 39.5. The number of hydrogen-bond donors (Lipinski definition) is 1. The Hall–Kier alpha value is -3.33. The Morgan fingerprint density at radius 1 is 1.31 bits per heavy atom. The zero-order valence-electron chi connectivity index (χ0n) is 16.0. The van der Waals surface area contributed by atoms with Crippen LogP contribution in [0.25, 0.3) is 0 Å². The number of rotatable bonds is 8. The van der Waals surface area contributed by atoms with E-state index in [2.05, 4.69) is 11.3 Å². The molecule has 154 valence electrons. The quantitative estimate of drug-likeness (QED) is 0.387. The molecule has 1 aromatic carbocycles.